The zero-order valence-electron chi connectivity index (χ0n) is 12.8. The molecular formula is C16H27N3S. The molecule has 4 heteroatoms. The molecule has 0 amide bonds. The average molecular weight is 293 g/mol. The molecule has 3 nitrogen and oxygen atoms in total. The Hall–Kier alpha value is -0.610. The van der Waals surface area contributed by atoms with Crippen molar-refractivity contribution < 1.29 is 0 Å². The van der Waals surface area contributed by atoms with Crippen LogP contribution in [-0.4, -0.2) is 24.6 Å². The van der Waals surface area contributed by atoms with Crippen LogP contribution in [-0.2, 0) is 6.54 Å². The number of aromatic nitrogens is 1. The number of anilines is 1. The lowest BCUT2D eigenvalue weighted by molar-refractivity contribution is 0.703. The van der Waals surface area contributed by atoms with Crippen molar-refractivity contribution in [2.24, 2.45) is 5.92 Å². The van der Waals surface area contributed by atoms with Crippen LogP contribution in [0.25, 0.3) is 0 Å². The minimum absolute atomic E-state index is 0.762. The highest BCUT2D eigenvalue weighted by Crippen LogP contribution is 2.44. The van der Waals surface area contributed by atoms with Crippen LogP contribution >= 0.6 is 11.3 Å². The van der Waals surface area contributed by atoms with Gasteiger partial charge < -0.3 is 10.2 Å². The molecule has 1 aromatic heterocycles. The highest BCUT2D eigenvalue weighted by atomic mass is 32.1. The van der Waals surface area contributed by atoms with Crippen molar-refractivity contribution in [1.82, 2.24) is 10.3 Å². The number of nitrogens with one attached hydrogen (secondary N) is 1. The number of rotatable bonds is 9. The van der Waals surface area contributed by atoms with Gasteiger partial charge in [-0.3, -0.25) is 0 Å². The Morgan fingerprint density at radius 1 is 1.25 bits per heavy atom. The van der Waals surface area contributed by atoms with Crippen molar-refractivity contribution in [2.45, 2.75) is 58.4 Å². The summed E-state index contributed by atoms with van der Waals surface area (Å²) in [7, 11) is 0. The second kappa shape index (κ2) is 6.44. The van der Waals surface area contributed by atoms with Gasteiger partial charge in [0.2, 0.25) is 0 Å². The first-order valence-electron chi connectivity index (χ1n) is 8.27. The predicted molar refractivity (Wildman–Crippen MR) is 86.7 cm³/mol. The summed E-state index contributed by atoms with van der Waals surface area (Å²) >= 11 is 1.94. The van der Waals surface area contributed by atoms with Crippen LogP contribution in [0.5, 0.6) is 0 Å². The van der Waals surface area contributed by atoms with Crippen LogP contribution in [0.15, 0.2) is 0 Å². The lowest BCUT2D eigenvalue weighted by atomic mass is 10.2. The monoisotopic (exact) mass is 293 g/mol. The van der Waals surface area contributed by atoms with Gasteiger partial charge in [0.1, 0.15) is 0 Å². The van der Waals surface area contributed by atoms with E-state index in [1.54, 1.807) is 0 Å². The summed E-state index contributed by atoms with van der Waals surface area (Å²) in [5, 5.41) is 4.76. The second-order valence-corrected chi connectivity index (χ2v) is 7.31. The summed E-state index contributed by atoms with van der Waals surface area (Å²) < 4.78 is 0. The van der Waals surface area contributed by atoms with Gasteiger partial charge in [-0.1, -0.05) is 13.8 Å². The molecule has 0 spiro atoms. The highest BCUT2D eigenvalue weighted by molar-refractivity contribution is 7.15. The van der Waals surface area contributed by atoms with Gasteiger partial charge in [0.05, 0.1) is 5.69 Å². The molecule has 0 unspecified atom stereocenters. The first-order chi connectivity index (χ1) is 9.81. The summed E-state index contributed by atoms with van der Waals surface area (Å²) in [4.78, 5) is 9.06. The van der Waals surface area contributed by atoms with E-state index < -0.39 is 0 Å². The Kier molecular flexibility index (Phi) is 4.61. The summed E-state index contributed by atoms with van der Waals surface area (Å²) in [6.07, 6.45) is 6.75. The molecule has 0 saturated heterocycles. The van der Waals surface area contributed by atoms with E-state index in [1.807, 2.05) is 11.3 Å². The first kappa shape index (κ1) is 14.3. The maximum Gasteiger partial charge on any atom is 0.185 e. The molecule has 0 aromatic carbocycles. The van der Waals surface area contributed by atoms with Gasteiger partial charge in [-0.25, -0.2) is 4.98 Å². The van der Waals surface area contributed by atoms with Crippen molar-refractivity contribution >= 4 is 16.5 Å². The van der Waals surface area contributed by atoms with E-state index in [4.69, 9.17) is 4.98 Å². The smallest absolute Gasteiger partial charge is 0.185 e. The van der Waals surface area contributed by atoms with Gasteiger partial charge in [-0.2, -0.15) is 0 Å². The van der Waals surface area contributed by atoms with Crippen LogP contribution in [0.1, 0.15) is 62.4 Å². The molecule has 2 fully saturated rings. The lowest BCUT2D eigenvalue weighted by Gasteiger charge is -2.20. The third-order valence-electron chi connectivity index (χ3n) is 4.16. The summed E-state index contributed by atoms with van der Waals surface area (Å²) in [5.74, 6) is 1.70. The van der Waals surface area contributed by atoms with E-state index in [-0.39, 0.29) is 0 Å². The van der Waals surface area contributed by atoms with Crippen molar-refractivity contribution in [3.05, 3.63) is 10.6 Å². The largest absolute Gasteiger partial charge is 0.348 e. The number of nitrogens with zero attached hydrogens (tertiary/aromatic N) is 2. The SMILES string of the molecule is CCCN(CC1CC1)c1nc(C2CC2)c(CNCC)s1. The van der Waals surface area contributed by atoms with Crippen LogP contribution in [0, 0.1) is 5.92 Å². The minimum atomic E-state index is 0.762. The molecule has 0 bridgehead atoms. The summed E-state index contributed by atoms with van der Waals surface area (Å²) in [6.45, 7) is 8.88. The van der Waals surface area contributed by atoms with E-state index in [0.717, 1.165) is 31.5 Å². The summed E-state index contributed by atoms with van der Waals surface area (Å²) in [5.41, 5.74) is 1.41. The molecule has 0 atom stereocenters. The van der Waals surface area contributed by atoms with Gasteiger partial charge >= 0.3 is 0 Å². The topological polar surface area (TPSA) is 28.2 Å². The van der Waals surface area contributed by atoms with E-state index in [9.17, 15) is 0 Å². The van der Waals surface area contributed by atoms with E-state index in [2.05, 4.69) is 24.1 Å². The molecule has 2 aliphatic rings. The zero-order chi connectivity index (χ0) is 13.9. The van der Waals surface area contributed by atoms with Crippen molar-refractivity contribution in [1.29, 1.82) is 0 Å². The fraction of sp³-hybridized carbons (Fsp3) is 0.812. The fourth-order valence-electron chi connectivity index (χ4n) is 2.67. The van der Waals surface area contributed by atoms with Gasteiger partial charge in [0.15, 0.2) is 5.13 Å². The normalized spacial score (nSPS) is 18.5. The molecular weight excluding hydrogens is 266 g/mol. The van der Waals surface area contributed by atoms with Crippen LogP contribution in [0.2, 0.25) is 0 Å². The van der Waals surface area contributed by atoms with E-state index in [0.29, 0.717) is 0 Å². The molecule has 0 aliphatic heterocycles. The molecule has 1 aromatic rings. The van der Waals surface area contributed by atoms with Gasteiger partial charge in [-0.15, -0.1) is 11.3 Å². The first-order valence-corrected chi connectivity index (χ1v) is 9.08. The number of thiazole rings is 1. The third kappa shape index (κ3) is 3.53. The standard InChI is InChI=1S/C16H27N3S/c1-3-9-19(11-12-5-6-12)16-18-15(13-7-8-13)14(20-16)10-17-4-2/h12-13,17H,3-11H2,1-2H3. The number of hydrogen-bond acceptors (Lipinski definition) is 4. The highest BCUT2D eigenvalue weighted by Gasteiger charge is 2.31. The average Bonchev–Trinajstić information content (AvgIpc) is 3.36. The molecule has 2 aliphatic carbocycles. The molecule has 112 valence electrons. The molecule has 3 rings (SSSR count). The predicted octanol–water partition coefficient (Wildman–Crippen LogP) is 3.76. The lowest BCUT2D eigenvalue weighted by Crippen LogP contribution is -2.26. The Morgan fingerprint density at radius 2 is 2.05 bits per heavy atom. The van der Waals surface area contributed by atoms with Crippen LogP contribution < -0.4 is 10.2 Å². The Labute approximate surface area is 126 Å². The Bertz CT molecular complexity index is 435. The quantitative estimate of drug-likeness (QED) is 0.751. The molecule has 20 heavy (non-hydrogen) atoms. The molecule has 2 saturated carbocycles. The Morgan fingerprint density at radius 3 is 2.65 bits per heavy atom. The van der Waals surface area contributed by atoms with E-state index in [1.165, 1.54) is 54.4 Å². The molecule has 0 radical (unpaired) electrons. The van der Waals surface area contributed by atoms with Gasteiger partial charge in [0, 0.05) is 30.4 Å². The maximum atomic E-state index is 5.03. The maximum absolute atomic E-state index is 5.03. The Balaban J connectivity index is 1.75. The van der Waals surface area contributed by atoms with Crippen LogP contribution in [0.4, 0.5) is 5.13 Å². The number of hydrogen-bond donors (Lipinski definition) is 1. The molecule has 1 N–H and O–H groups in total. The van der Waals surface area contributed by atoms with Crippen LogP contribution in [0.3, 0.4) is 0 Å². The van der Waals surface area contributed by atoms with E-state index >= 15 is 0 Å². The third-order valence-corrected chi connectivity index (χ3v) is 5.29. The molecule has 1 heterocycles. The van der Waals surface area contributed by atoms with Crippen molar-refractivity contribution in [3.8, 4) is 0 Å². The van der Waals surface area contributed by atoms with Gasteiger partial charge in [0.25, 0.3) is 0 Å². The minimum Gasteiger partial charge on any atom is -0.348 e. The summed E-state index contributed by atoms with van der Waals surface area (Å²) in [6, 6.07) is 0. The zero-order valence-corrected chi connectivity index (χ0v) is 13.6. The van der Waals surface area contributed by atoms with Gasteiger partial charge in [-0.05, 0) is 44.6 Å². The fourth-order valence-corrected chi connectivity index (χ4v) is 3.82. The van der Waals surface area contributed by atoms with Crippen molar-refractivity contribution in [2.75, 3.05) is 24.5 Å². The van der Waals surface area contributed by atoms with Crippen molar-refractivity contribution in [3.63, 3.8) is 0 Å². The second-order valence-electron chi connectivity index (χ2n) is 6.25.